The molecule has 0 aromatic heterocycles. The second-order valence-corrected chi connectivity index (χ2v) is 3.04. The molecule has 0 radical (unpaired) electrons. The third-order valence-corrected chi connectivity index (χ3v) is 2.00. The van der Waals surface area contributed by atoms with E-state index in [-0.39, 0.29) is 7.47 Å². The van der Waals surface area contributed by atoms with Gasteiger partial charge in [-0.05, 0) is 12.5 Å². The Morgan fingerprint density at radius 2 is 2.00 bits per heavy atom. The van der Waals surface area contributed by atoms with E-state index in [9.17, 15) is 0 Å². The summed E-state index contributed by atoms with van der Waals surface area (Å²) in [6.45, 7) is 5.72. The Bertz CT molecular complexity index is 293. The van der Waals surface area contributed by atoms with Crippen LogP contribution in [0.2, 0.25) is 0 Å². The quantitative estimate of drug-likeness (QED) is 0.724. The normalized spacial score (nSPS) is 12.2. The molecule has 13 heavy (non-hydrogen) atoms. The van der Waals surface area contributed by atoms with Crippen LogP contribution in [-0.2, 0) is 4.74 Å². The highest BCUT2D eigenvalue weighted by Crippen LogP contribution is 2.16. The molecule has 0 heterocycles. The van der Waals surface area contributed by atoms with Crippen molar-refractivity contribution in [3.8, 4) is 0 Å². The molecule has 0 aliphatic heterocycles. The average molecular weight is 179 g/mol. The second-order valence-electron chi connectivity index (χ2n) is 3.04. The molecule has 0 fully saturated rings. The maximum atomic E-state index is 5.72. The fraction of sp³-hybridized carbons (Fsp3) is 0.273. The van der Waals surface area contributed by atoms with Crippen LogP contribution in [0.25, 0.3) is 5.76 Å². The van der Waals surface area contributed by atoms with Crippen LogP contribution in [0.5, 0.6) is 0 Å². The van der Waals surface area contributed by atoms with E-state index >= 15 is 0 Å². The van der Waals surface area contributed by atoms with Crippen LogP contribution in [0, 0.1) is 0 Å². The zero-order chi connectivity index (χ0) is 9.84. The fourth-order valence-corrected chi connectivity index (χ4v) is 1.09. The van der Waals surface area contributed by atoms with Gasteiger partial charge in [0.25, 0.3) is 0 Å². The van der Waals surface area contributed by atoms with Crippen molar-refractivity contribution >= 4 is 5.76 Å². The molecule has 0 saturated heterocycles. The Morgan fingerprint density at radius 3 is 2.38 bits per heavy atom. The van der Waals surface area contributed by atoms with Crippen molar-refractivity contribution in [2.24, 2.45) is 5.73 Å². The summed E-state index contributed by atoms with van der Waals surface area (Å²) < 4.78 is 5.01. The largest absolute Gasteiger partial charge is 0.497 e. The van der Waals surface area contributed by atoms with Gasteiger partial charge in [0, 0.05) is 13.0 Å². The van der Waals surface area contributed by atoms with Gasteiger partial charge < -0.3 is 10.5 Å². The molecule has 0 amide bonds. The number of nitrogens with two attached hydrogens (primary N) is 1. The molecule has 2 heteroatoms. The molecule has 1 aromatic carbocycles. The van der Waals surface area contributed by atoms with Crippen LogP contribution in [0.1, 0.15) is 25.5 Å². The molecule has 0 saturated carbocycles. The van der Waals surface area contributed by atoms with Crippen LogP contribution in [0.4, 0.5) is 0 Å². The van der Waals surface area contributed by atoms with Crippen molar-refractivity contribution in [1.82, 2.24) is 0 Å². The zero-order valence-corrected chi connectivity index (χ0v) is 8.08. The summed E-state index contributed by atoms with van der Waals surface area (Å²) in [6.07, 6.45) is 0. The van der Waals surface area contributed by atoms with Gasteiger partial charge in [0.2, 0.25) is 0 Å². The van der Waals surface area contributed by atoms with E-state index in [0.29, 0.717) is 5.76 Å². The molecule has 0 aliphatic rings. The van der Waals surface area contributed by atoms with Crippen molar-refractivity contribution in [2.75, 3.05) is 7.11 Å². The summed E-state index contributed by atoms with van der Waals surface area (Å²) in [5, 5.41) is 0. The molecule has 1 aromatic rings. The summed E-state index contributed by atoms with van der Waals surface area (Å²) in [5.41, 5.74) is 7.83. The minimum absolute atomic E-state index is 0. The van der Waals surface area contributed by atoms with Gasteiger partial charge in [-0.3, -0.25) is 0 Å². The molecule has 72 valence electrons. The summed E-state index contributed by atoms with van der Waals surface area (Å²) >= 11 is 0. The number of benzene rings is 1. The average Bonchev–Trinajstić information content (AvgIpc) is 2.17. The summed E-state index contributed by atoms with van der Waals surface area (Å²) in [5.74, 6) is 0.677. The first-order chi connectivity index (χ1) is 6.15. The molecule has 2 N–H and O–H groups in total. The number of methoxy groups -OCH3 is 1. The monoisotopic (exact) mass is 179 g/mol. The molecule has 0 spiro atoms. The van der Waals surface area contributed by atoms with E-state index in [2.05, 4.69) is 6.58 Å². The smallest absolute Gasteiger partial charge is 0.118 e. The molecule has 0 aliphatic carbocycles. The van der Waals surface area contributed by atoms with Crippen molar-refractivity contribution in [2.45, 2.75) is 13.0 Å². The van der Waals surface area contributed by atoms with Gasteiger partial charge in [-0.2, -0.15) is 0 Å². The van der Waals surface area contributed by atoms with Crippen molar-refractivity contribution in [1.29, 1.82) is 0 Å². The molecule has 0 bridgehead atoms. The lowest BCUT2D eigenvalue weighted by atomic mass is 10.1. The van der Waals surface area contributed by atoms with Crippen molar-refractivity contribution in [3.63, 3.8) is 0 Å². The molecule has 1 atom stereocenters. The third-order valence-electron chi connectivity index (χ3n) is 2.00. The van der Waals surface area contributed by atoms with E-state index in [4.69, 9.17) is 10.5 Å². The predicted octanol–water partition coefficient (Wildman–Crippen LogP) is 2.57. The Kier molecular flexibility index (Phi) is 3.09. The molecular formula is C11H17NO. The number of rotatable bonds is 3. The number of hydrogen-bond donors (Lipinski definition) is 1. The molecule has 1 rings (SSSR count). The van der Waals surface area contributed by atoms with Crippen LogP contribution in [0.15, 0.2) is 30.8 Å². The molecular weight excluding hydrogens is 162 g/mol. The maximum Gasteiger partial charge on any atom is 0.118 e. The topological polar surface area (TPSA) is 35.2 Å². The van der Waals surface area contributed by atoms with Gasteiger partial charge in [0.1, 0.15) is 5.76 Å². The highest BCUT2D eigenvalue weighted by atomic mass is 16.5. The van der Waals surface area contributed by atoms with Gasteiger partial charge in [-0.25, -0.2) is 0 Å². The second kappa shape index (κ2) is 4.10. The predicted molar refractivity (Wildman–Crippen MR) is 57.2 cm³/mol. The Balaban J connectivity index is 0.00000169. The van der Waals surface area contributed by atoms with Crippen molar-refractivity contribution in [3.05, 3.63) is 42.0 Å². The van der Waals surface area contributed by atoms with Crippen LogP contribution in [-0.4, -0.2) is 7.11 Å². The Labute approximate surface area is 80.5 Å². The Morgan fingerprint density at radius 1 is 1.46 bits per heavy atom. The third kappa shape index (κ3) is 2.33. The Hall–Kier alpha value is -1.28. The van der Waals surface area contributed by atoms with E-state index in [1.165, 1.54) is 0 Å². The first kappa shape index (κ1) is 9.81. The van der Waals surface area contributed by atoms with Gasteiger partial charge in [0.05, 0.1) is 7.11 Å². The van der Waals surface area contributed by atoms with E-state index < -0.39 is 0 Å². The SMILES string of the molecule is C=C(OC)c1ccc([C@H](C)N)cc1.[HH]. The summed E-state index contributed by atoms with van der Waals surface area (Å²) in [7, 11) is 1.61. The van der Waals surface area contributed by atoms with Gasteiger partial charge in [0.15, 0.2) is 0 Å². The first-order valence-corrected chi connectivity index (χ1v) is 4.24. The standard InChI is InChI=1S/C11H15NO.H2/c1-8(12)10-4-6-11(7-5-10)9(2)13-3;/h4-8H,2,12H2,1,3H3;1H/t8-;/m0./s1. The fourth-order valence-electron chi connectivity index (χ4n) is 1.09. The maximum absolute atomic E-state index is 5.72. The minimum atomic E-state index is 0. The van der Waals surface area contributed by atoms with E-state index in [0.717, 1.165) is 11.1 Å². The summed E-state index contributed by atoms with van der Waals surface area (Å²) in [6, 6.07) is 7.98. The minimum Gasteiger partial charge on any atom is -0.497 e. The number of hydrogen-bond acceptors (Lipinski definition) is 2. The highest BCUT2D eigenvalue weighted by molar-refractivity contribution is 5.57. The van der Waals surface area contributed by atoms with E-state index in [1.807, 2.05) is 31.2 Å². The lowest BCUT2D eigenvalue weighted by Crippen LogP contribution is -2.04. The van der Waals surface area contributed by atoms with Gasteiger partial charge in [-0.1, -0.05) is 30.8 Å². The molecule has 2 nitrogen and oxygen atoms in total. The zero-order valence-electron chi connectivity index (χ0n) is 8.08. The number of ether oxygens (including phenoxy) is 1. The highest BCUT2D eigenvalue weighted by Gasteiger charge is 2.00. The van der Waals surface area contributed by atoms with Crippen LogP contribution in [0.3, 0.4) is 0 Å². The van der Waals surface area contributed by atoms with Crippen LogP contribution >= 0.6 is 0 Å². The van der Waals surface area contributed by atoms with Crippen LogP contribution < -0.4 is 5.73 Å². The summed E-state index contributed by atoms with van der Waals surface area (Å²) in [4.78, 5) is 0. The lowest BCUT2D eigenvalue weighted by Gasteiger charge is -2.07. The lowest BCUT2D eigenvalue weighted by molar-refractivity contribution is 0.371. The van der Waals surface area contributed by atoms with Gasteiger partial charge in [-0.15, -0.1) is 0 Å². The first-order valence-electron chi connectivity index (χ1n) is 4.24. The van der Waals surface area contributed by atoms with Crippen molar-refractivity contribution < 1.29 is 6.16 Å². The van der Waals surface area contributed by atoms with E-state index in [1.54, 1.807) is 7.11 Å². The molecule has 0 unspecified atom stereocenters. The van der Waals surface area contributed by atoms with Gasteiger partial charge >= 0.3 is 0 Å².